The van der Waals surface area contributed by atoms with Crippen LogP contribution < -0.4 is 5.73 Å². The average molecular weight is 331 g/mol. The molecule has 1 unspecified atom stereocenters. The Balaban J connectivity index is 0. The summed E-state index contributed by atoms with van der Waals surface area (Å²) in [5.74, 6) is 0. The normalized spacial score (nSPS) is 36.1. The zero-order valence-corrected chi connectivity index (χ0v) is 10.7. The fourth-order valence-electron chi connectivity index (χ4n) is 1.12. The van der Waals surface area contributed by atoms with Gasteiger partial charge in [-0.05, 0) is 0 Å². The van der Waals surface area contributed by atoms with Crippen LogP contribution >= 0.6 is 0 Å². The van der Waals surface area contributed by atoms with Gasteiger partial charge in [0, 0.05) is 10.4 Å². The number of ether oxygens (including phenoxy) is 1. The molecule has 1 fully saturated rings. The molecule has 12 heteroatoms. The first-order chi connectivity index (χ1) is 7.57. The fraction of sp³-hybridized carbons (Fsp3) is 1.00. The van der Waals surface area contributed by atoms with Crippen LogP contribution in [0.2, 0.25) is 0 Å². The molecule has 0 amide bonds. The van der Waals surface area contributed by atoms with Crippen LogP contribution in [0.25, 0.3) is 0 Å². The molecule has 1 aliphatic heterocycles. The van der Waals surface area contributed by atoms with E-state index in [-0.39, 0.29) is 17.1 Å². The smallest absolute Gasteiger partial charge is 0.759 e. The molecule has 0 bridgehead atoms. The van der Waals surface area contributed by atoms with Crippen LogP contribution in [0.3, 0.4) is 0 Å². The van der Waals surface area contributed by atoms with Gasteiger partial charge in [-0.3, -0.25) is 8.42 Å². The summed E-state index contributed by atoms with van der Waals surface area (Å²) >= 11 is 0. The zero-order valence-electron chi connectivity index (χ0n) is 8.76. The standard InChI is InChI=1S/C6H13NO5.Fe.H2O4S/c7-3-5(10)4(9)2(1-8)12-6(3)11;;1-5(2,3)4/h2-6,8-11H,1,7H2;;(H2,1,2,3,4)/q;+2;/p-2/t2-,3-,4-,5-,6?;;/m1../s1. The van der Waals surface area contributed by atoms with E-state index in [0.717, 1.165) is 0 Å². The summed E-state index contributed by atoms with van der Waals surface area (Å²) in [6, 6.07) is -1.04. The van der Waals surface area contributed by atoms with E-state index in [2.05, 4.69) is 0 Å². The maximum atomic E-state index is 9.20. The van der Waals surface area contributed by atoms with Gasteiger partial charge in [-0.25, -0.2) is 0 Å². The van der Waals surface area contributed by atoms with Gasteiger partial charge in [-0.2, -0.15) is 0 Å². The van der Waals surface area contributed by atoms with E-state index < -0.39 is 47.6 Å². The number of aliphatic hydroxyl groups excluding tert-OH is 4. The molecule has 0 aromatic carbocycles. The van der Waals surface area contributed by atoms with Crippen molar-refractivity contribution in [2.75, 3.05) is 6.61 Å². The van der Waals surface area contributed by atoms with Crippen LogP contribution in [-0.2, 0) is 32.2 Å². The Morgan fingerprint density at radius 3 is 1.89 bits per heavy atom. The number of nitrogens with two attached hydrogens (primary N) is 1. The summed E-state index contributed by atoms with van der Waals surface area (Å²) in [4.78, 5) is 0. The van der Waals surface area contributed by atoms with E-state index in [1.54, 1.807) is 0 Å². The summed E-state index contributed by atoms with van der Waals surface area (Å²) in [5, 5.41) is 36.1. The van der Waals surface area contributed by atoms with Crippen molar-refractivity contribution in [3.63, 3.8) is 0 Å². The minimum Gasteiger partial charge on any atom is -0.759 e. The molecule has 1 aliphatic rings. The summed E-state index contributed by atoms with van der Waals surface area (Å²) in [5.41, 5.74) is 5.26. The second-order valence-corrected chi connectivity index (χ2v) is 4.03. The minimum absolute atomic E-state index is 0. The topological polar surface area (TPSA) is 196 Å². The van der Waals surface area contributed by atoms with Gasteiger partial charge < -0.3 is 40.0 Å². The van der Waals surface area contributed by atoms with E-state index >= 15 is 0 Å². The molecule has 10 nitrogen and oxygen atoms in total. The second-order valence-electron chi connectivity index (χ2n) is 3.21. The van der Waals surface area contributed by atoms with Crippen molar-refractivity contribution in [1.29, 1.82) is 0 Å². The van der Waals surface area contributed by atoms with Gasteiger partial charge in [0.2, 0.25) is 0 Å². The van der Waals surface area contributed by atoms with Gasteiger partial charge in [0.25, 0.3) is 0 Å². The van der Waals surface area contributed by atoms with Crippen molar-refractivity contribution in [2.24, 2.45) is 5.73 Å². The molecule has 18 heavy (non-hydrogen) atoms. The summed E-state index contributed by atoms with van der Waals surface area (Å²) in [6.45, 7) is -0.470. The first-order valence-electron chi connectivity index (χ1n) is 4.30. The molecule has 0 aliphatic carbocycles. The quantitative estimate of drug-likeness (QED) is 0.177. The molecule has 1 saturated heterocycles. The Kier molecular flexibility index (Phi) is 9.49. The zero-order chi connectivity index (χ0) is 13.8. The van der Waals surface area contributed by atoms with E-state index in [0.29, 0.717) is 0 Å². The largest absolute Gasteiger partial charge is 2.00 e. The Bertz CT molecular complexity index is 312. The maximum Gasteiger partial charge on any atom is 2.00 e. The predicted molar refractivity (Wildman–Crippen MR) is 48.4 cm³/mol. The predicted octanol–water partition coefficient (Wildman–Crippen LogP) is -4.60. The first kappa shape index (κ1) is 20.5. The van der Waals surface area contributed by atoms with Crippen molar-refractivity contribution < 1.29 is 59.8 Å². The van der Waals surface area contributed by atoms with E-state index in [4.69, 9.17) is 38.2 Å². The Morgan fingerprint density at radius 1 is 1.17 bits per heavy atom. The van der Waals surface area contributed by atoms with Crippen LogP contribution in [0.5, 0.6) is 0 Å². The van der Waals surface area contributed by atoms with Crippen molar-refractivity contribution in [3.05, 3.63) is 0 Å². The van der Waals surface area contributed by atoms with Crippen molar-refractivity contribution in [3.8, 4) is 0 Å². The number of rotatable bonds is 1. The van der Waals surface area contributed by atoms with Crippen molar-refractivity contribution in [1.82, 2.24) is 0 Å². The Hall–Kier alpha value is 0.149. The SMILES string of the molecule is N[C@H]1C(O)O[C@H](CO)[C@@H](O)[C@@H]1O.O=S(=O)([O-])[O-].[Fe+2]. The summed E-state index contributed by atoms with van der Waals surface area (Å²) < 4.78 is 38.8. The Labute approximate surface area is 113 Å². The third kappa shape index (κ3) is 7.55. The first-order valence-corrected chi connectivity index (χ1v) is 5.64. The molecule has 0 saturated carbocycles. The van der Waals surface area contributed by atoms with E-state index in [9.17, 15) is 10.2 Å². The third-order valence-electron chi connectivity index (χ3n) is 1.95. The number of aliphatic hydroxyl groups is 4. The van der Waals surface area contributed by atoms with Crippen LogP contribution in [0.4, 0.5) is 0 Å². The molecule has 5 atom stereocenters. The second kappa shape index (κ2) is 8.35. The molecule has 1 heterocycles. The minimum atomic E-state index is -5.17. The van der Waals surface area contributed by atoms with E-state index in [1.165, 1.54) is 0 Å². The van der Waals surface area contributed by atoms with Crippen LogP contribution in [0, 0.1) is 0 Å². The molecule has 6 N–H and O–H groups in total. The van der Waals surface area contributed by atoms with E-state index in [1.807, 2.05) is 0 Å². The molecule has 0 aromatic rings. The van der Waals surface area contributed by atoms with Crippen LogP contribution in [-0.4, -0.2) is 75.2 Å². The molecule has 110 valence electrons. The van der Waals surface area contributed by atoms with Crippen LogP contribution in [0.15, 0.2) is 0 Å². The Morgan fingerprint density at radius 2 is 1.56 bits per heavy atom. The monoisotopic (exact) mass is 331 g/mol. The molecular formula is C6H13FeNO9S. The van der Waals surface area contributed by atoms with Gasteiger partial charge in [-0.1, -0.05) is 0 Å². The number of hydrogen-bond donors (Lipinski definition) is 5. The third-order valence-corrected chi connectivity index (χ3v) is 1.95. The maximum absolute atomic E-state index is 9.20. The summed E-state index contributed by atoms with van der Waals surface area (Å²) in [7, 11) is -5.17. The van der Waals surface area contributed by atoms with Crippen molar-refractivity contribution in [2.45, 2.75) is 30.6 Å². The van der Waals surface area contributed by atoms with Gasteiger partial charge in [-0.15, -0.1) is 0 Å². The van der Waals surface area contributed by atoms with Gasteiger partial charge >= 0.3 is 17.1 Å². The molecule has 1 rings (SSSR count). The molecular weight excluding hydrogens is 318 g/mol. The fourth-order valence-corrected chi connectivity index (χ4v) is 1.12. The molecule has 0 spiro atoms. The average Bonchev–Trinajstić information content (AvgIpc) is 2.18. The number of hydrogen-bond acceptors (Lipinski definition) is 10. The molecule has 0 aromatic heterocycles. The molecule has 0 radical (unpaired) electrons. The van der Waals surface area contributed by atoms with Gasteiger partial charge in [0.05, 0.1) is 12.6 Å². The van der Waals surface area contributed by atoms with Gasteiger partial charge in [0.15, 0.2) is 6.29 Å². The summed E-state index contributed by atoms with van der Waals surface area (Å²) in [6.07, 6.45) is -4.85. The van der Waals surface area contributed by atoms with Crippen LogP contribution in [0.1, 0.15) is 0 Å². The van der Waals surface area contributed by atoms with Crippen molar-refractivity contribution >= 4 is 10.4 Å². The van der Waals surface area contributed by atoms with Gasteiger partial charge in [0.1, 0.15) is 18.3 Å².